The fraction of sp³-hybridized carbons (Fsp3) is 0.429. The van der Waals surface area contributed by atoms with E-state index >= 15 is 0 Å². The summed E-state index contributed by atoms with van der Waals surface area (Å²) in [7, 11) is 0. The van der Waals surface area contributed by atoms with E-state index in [2.05, 4.69) is 5.32 Å². The molecule has 0 aromatic rings. The minimum Gasteiger partial charge on any atom is -0.313 e. The van der Waals surface area contributed by atoms with Gasteiger partial charge in [-0.25, -0.2) is 0 Å². The average Bonchev–Trinajstić information content (AvgIpc) is 2.15. The number of carbonyl (C=O) groups is 2. The van der Waals surface area contributed by atoms with Gasteiger partial charge >= 0.3 is 0 Å². The smallest absolute Gasteiger partial charge is 0.253 e. The molecular formula is C7H9ClN2O2. The molecule has 0 aromatic heterocycles. The highest BCUT2D eigenvalue weighted by Crippen LogP contribution is 2.11. The Morgan fingerprint density at radius 1 is 1.25 bits per heavy atom. The SMILES string of the molecule is Cl.O=C1C=CC(=O)N1C1CNC1. The Morgan fingerprint density at radius 3 is 2.08 bits per heavy atom. The highest BCUT2D eigenvalue weighted by Gasteiger charge is 2.34. The number of hydrogen-bond acceptors (Lipinski definition) is 3. The second-order valence-electron chi connectivity index (χ2n) is 2.69. The first kappa shape index (κ1) is 9.22. The van der Waals surface area contributed by atoms with Gasteiger partial charge in [-0.1, -0.05) is 0 Å². The molecule has 2 amide bonds. The van der Waals surface area contributed by atoms with Crippen molar-refractivity contribution in [2.45, 2.75) is 6.04 Å². The second-order valence-corrected chi connectivity index (χ2v) is 2.69. The molecule has 0 radical (unpaired) electrons. The molecule has 0 atom stereocenters. The Balaban J connectivity index is 0.000000720. The molecule has 0 spiro atoms. The van der Waals surface area contributed by atoms with Gasteiger partial charge in [0.25, 0.3) is 11.8 Å². The summed E-state index contributed by atoms with van der Waals surface area (Å²) >= 11 is 0. The Bertz CT molecular complexity index is 230. The predicted molar refractivity (Wildman–Crippen MR) is 44.9 cm³/mol. The average molecular weight is 189 g/mol. The maximum absolute atomic E-state index is 11.0. The van der Waals surface area contributed by atoms with Crippen LogP contribution in [0.25, 0.3) is 0 Å². The Kier molecular flexibility index (Phi) is 2.49. The third kappa shape index (κ3) is 1.23. The van der Waals surface area contributed by atoms with Crippen molar-refractivity contribution >= 4 is 24.2 Å². The highest BCUT2D eigenvalue weighted by atomic mass is 35.5. The van der Waals surface area contributed by atoms with E-state index in [1.54, 1.807) is 0 Å². The van der Waals surface area contributed by atoms with Gasteiger partial charge in [-0.05, 0) is 0 Å². The van der Waals surface area contributed by atoms with Crippen LogP contribution >= 0.6 is 12.4 Å². The van der Waals surface area contributed by atoms with E-state index in [1.165, 1.54) is 17.1 Å². The molecule has 1 saturated heterocycles. The van der Waals surface area contributed by atoms with Crippen LogP contribution in [0.4, 0.5) is 0 Å². The molecule has 2 heterocycles. The first-order valence-corrected chi connectivity index (χ1v) is 3.55. The van der Waals surface area contributed by atoms with Crippen LogP contribution in [0.5, 0.6) is 0 Å². The van der Waals surface area contributed by atoms with Crippen molar-refractivity contribution in [2.75, 3.05) is 13.1 Å². The fourth-order valence-electron chi connectivity index (χ4n) is 1.23. The maximum atomic E-state index is 11.0. The van der Waals surface area contributed by atoms with Crippen molar-refractivity contribution in [3.05, 3.63) is 12.2 Å². The van der Waals surface area contributed by atoms with Crippen molar-refractivity contribution < 1.29 is 9.59 Å². The van der Waals surface area contributed by atoms with Crippen molar-refractivity contribution in [3.8, 4) is 0 Å². The summed E-state index contributed by atoms with van der Waals surface area (Å²) in [6.07, 6.45) is 2.64. The van der Waals surface area contributed by atoms with Gasteiger partial charge in [0.2, 0.25) is 0 Å². The normalized spacial score (nSPS) is 22.5. The van der Waals surface area contributed by atoms with E-state index in [9.17, 15) is 9.59 Å². The van der Waals surface area contributed by atoms with Crippen LogP contribution in [0.1, 0.15) is 0 Å². The third-order valence-corrected chi connectivity index (χ3v) is 1.97. The molecule has 0 saturated carbocycles. The second kappa shape index (κ2) is 3.25. The molecule has 12 heavy (non-hydrogen) atoms. The van der Waals surface area contributed by atoms with E-state index in [-0.39, 0.29) is 30.3 Å². The molecule has 66 valence electrons. The van der Waals surface area contributed by atoms with Crippen LogP contribution in [-0.4, -0.2) is 35.8 Å². The largest absolute Gasteiger partial charge is 0.313 e. The quantitative estimate of drug-likeness (QED) is 0.554. The number of rotatable bonds is 1. The molecule has 0 aliphatic carbocycles. The molecule has 5 heteroatoms. The zero-order valence-corrected chi connectivity index (χ0v) is 7.13. The Labute approximate surface area is 76.0 Å². The minimum absolute atomic E-state index is 0. The molecule has 4 nitrogen and oxygen atoms in total. The summed E-state index contributed by atoms with van der Waals surface area (Å²) in [6.45, 7) is 1.47. The van der Waals surface area contributed by atoms with Gasteiger partial charge in [-0.2, -0.15) is 0 Å². The van der Waals surface area contributed by atoms with Gasteiger partial charge in [0, 0.05) is 25.2 Å². The van der Waals surface area contributed by atoms with Crippen LogP contribution < -0.4 is 5.32 Å². The van der Waals surface area contributed by atoms with Crippen LogP contribution in [-0.2, 0) is 9.59 Å². The summed E-state index contributed by atoms with van der Waals surface area (Å²) in [6, 6.07) is 0.0880. The number of carbonyl (C=O) groups excluding carboxylic acids is 2. The summed E-state index contributed by atoms with van der Waals surface area (Å²) in [4.78, 5) is 23.3. The molecule has 1 fully saturated rings. The Hall–Kier alpha value is -0.870. The first-order valence-electron chi connectivity index (χ1n) is 3.55. The number of amides is 2. The highest BCUT2D eigenvalue weighted by molar-refractivity contribution is 6.13. The van der Waals surface area contributed by atoms with Crippen LogP contribution in [0, 0.1) is 0 Å². The molecule has 2 aliphatic heterocycles. The van der Waals surface area contributed by atoms with E-state index in [0.717, 1.165) is 13.1 Å². The summed E-state index contributed by atoms with van der Waals surface area (Å²) < 4.78 is 0. The van der Waals surface area contributed by atoms with Crippen molar-refractivity contribution in [1.82, 2.24) is 10.2 Å². The predicted octanol–water partition coefficient (Wildman–Crippen LogP) is -0.695. The lowest BCUT2D eigenvalue weighted by Gasteiger charge is -2.33. The summed E-state index contributed by atoms with van der Waals surface area (Å²) in [5.74, 6) is -0.358. The number of nitrogens with one attached hydrogen (secondary N) is 1. The number of hydrogen-bond donors (Lipinski definition) is 1. The van der Waals surface area contributed by atoms with Crippen molar-refractivity contribution in [2.24, 2.45) is 0 Å². The molecule has 0 unspecified atom stereocenters. The molecule has 0 aromatic carbocycles. The summed E-state index contributed by atoms with van der Waals surface area (Å²) in [5, 5.41) is 3.01. The lowest BCUT2D eigenvalue weighted by molar-refractivity contribution is -0.140. The van der Waals surface area contributed by atoms with Gasteiger partial charge in [0.15, 0.2) is 0 Å². The monoisotopic (exact) mass is 188 g/mol. The topological polar surface area (TPSA) is 49.4 Å². The zero-order chi connectivity index (χ0) is 7.84. The maximum Gasteiger partial charge on any atom is 0.253 e. The van der Waals surface area contributed by atoms with Crippen molar-refractivity contribution in [1.29, 1.82) is 0 Å². The lowest BCUT2D eigenvalue weighted by Crippen LogP contribution is -2.58. The molecular weight excluding hydrogens is 180 g/mol. The summed E-state index contributed by atoms with van der Waals surface area (Å²) in [5.41, 5.74) is 0. The van der Waals surface area contributed by atoms with E-state index in [4.69, 9.17) is 0 Å². The van der Waals surface area contributed by atoms with E-state index in [0.29, 0.717) is 0 Å². The number of halogens is 1. The van der Waals surface area contributed by atoms with Crippen LogP contribution in [0.15, 0.2) is 12.2 Å². The van der Waals surface area contributed by atoms with E-state index < -0.39 is 0 Å². The molecule has 0 bridgehead atoms. The molecule has 1 N–H and O–H groups in total. The number of nitrogens with zero attached hydrogens (tertiary/aromatic N) is 1. The Morgan fingerprint density at radius 2 is 1.75 bits per heavy atom. The molecule has 2 aliphatic rings. The van der Waals surface area contributed by atoms with Gasteiger partial charge < -0.3 is 5.32 Å². The molecule has 2 rings (SSSR count). The zero-order valence-electron chi connectivity index (χ0n) is 6.32. The van der Waals surface area contributed by atoms with Gasteiger partial charge in [0.1, 0.15) is 0 Å². The van der Waals surface area contributed by atoms with Gasteiger partial charge in [-0.3, -0.25) is 14.5 Å². The fourth-order valence-corrected chi connectivity index (χ4v) is 1.23. The third-order valence-electron chi connectivity index (χ3n) is 1.97. The van der Waals surface area contributed by atoms with Gasteiger partial charge in [0.05, 0.1) is 6.04 Å². The lowest BCUT2D eigenvalue weighted by atomic mass is 10.1. The van der Waals surface area contributed by atoms with E-state index in [1.807, 2.05) is 0 Å². The van der Waals surface area contributed by atoms with Crippen molar-refractivity contribution in [3.63, 3.8) is 0 Å². The van der Waals surface area contributed by atoms with Crippen LogP contribution in [0.2, 0.25) is 0 Å². The van der Waals surface area contributed by atoms with Crippen LogP contribution in [0.3, 0.4) is 0 Å². The van der Waals surface area contributed by atoms with Gasteiger partial charge in [-0.15, -0.1) is 12.4 Å². The number of imide groups is 1. The minimum atomic E-state index is -0.179. The first-order chi connectivity index (χ1) is 5.29. The standard InChI is InChI=1S/C7H8N2O2.ClH/c10-6-1-2-7(11)9(6)5-3-8-4-5;/h1-2,5,8H,3-4H2;1H.